The molecule has 5 rings (SSSR count). The van der Waals surface area contributed by atoms with Crippen molar-refractivity contribution >= 4 is 41.7 Å². The van der Waals surface area contributed by atoms with E-state index in [1.54, 1.807) is 17.0 Å². The number of imide groups is 1. The fourth-order valence-electron chi connectivity index (χ4n) is 4.19. The van der Waals surface area contributed by atoms with Gasteiger partial charge in [0.1, 0.15) is 13.9 Å². The van der Waals surface area contributed by atoms with E-state index in [0.29, 0.717) is 11.2 Å². The number of carbonyl (C=O) groups is 2. The predicted molar refractivity (Wildman–Crippen MR) is 88.9 cm³/mol. The number of fused-ring (bicyclic) bond motifs is 6. The number of urea groups is 1. The molecule has 23 heavy (non-hydrogen) atoms. The van der Waals surface area contributed by atoms with Gasteiger partial charge in [-0.3, -0.25) is 4.79 Å². The van der Waals surface area contributed by atoms with Gasteiger partial charge >= 0.3 is 6.03 Å². The molecule has 2 aliphatic heterocycles. The van der Waals surface area contributed by atoms with Crippen LogP contribution in [0.1, 0.15) is 6.42 Å². The van der Waals surface area contributed by atoms with Crippen LogP contribution < -0.4 is 10.4 Å². The van der Waals surface area contributed by atoms with Gasteiger partial charge in [-0.25, -0.2) is 9.69 Å². The number of nitrogens with zero attached hydrogens (tertiary/aromatic N) is 2. The SMILES string of the molecule is [B]c1ccc(N2C(=O)[C@H]3C4C=CC(C4)N3C2=O)c2ccccc12. The highest BCUT2D eigenvalue weighted by Gasteiger charge is 2.57. The van der Waals surface area contributed by atoms with Crippen LogP contribution in [0.25, 0.3) is 10.8 Å². The number of hydrogen-bond donors (Lipinski definition) is 0. The molecule has 110 valence electrons. The molecule has 0 saturated carbocycles. The molecule has 3 atom stereocenters. The summed E-state index contributed by atoms with van der Waals surface area (Å²) in [4.78, 5) is 28.9. The number of benzene rings is 2. The molecule has 5 heteroatoms. The van der Waals surface area contributed by atoms with Gasteiger partial charge in [-0.1, -0.05) is 47.9 Å². The Bertz CT molecular complexity index is 877. The molecular formula is C18H13BN2O2. The maximum atomic E-state index is 12.9. The van der Waals surface area contributed by atoms with Crippen molar-refractivity contribution in [1.82, 2.24) is 4.90 Å². The molecule has 2 radical (unpaired) electrons. The monoisotopic (exact) mass is 300 g/mol. The Morgan fingerprint density at radius 2 is 1.78 bits per heavy atom. The minimum absolute atomic E-state index is 0.0616. The van der Waals surface area contributed by atoms with Crippen LogP contribution in [-0.4, -0.2) is 36.8 Å². The summed E-state index contributed by atoms with van der Waals surface area (Å²) in [6, 6.07) is 10.6. The standard InChI is InChI=1S/C18H13BN2O2/c19-14-7-8-15(13-4-2-1-3-12(13)14)21-17(22)16-10-5-6-11(9-10)20(16)18(21)23/h1-8,10-11,16H,9H2/t10?,11?,16-/m1/s1. The molecule has 3 amide bonds. The first kappa shape index (κ1) is 12.9. The molecule has 2 saturated heterocycles. The Kier molecular flexibility index (Phi) is 2.39. The largest absolute Gasteiger partial charge is 0.332 e. The normalized spacial score (nSPS) is 28.3. The van der Waals surface area contributed by atoms with E-state index in [9.17, 15) is 9.59 Å². The van der Waals surface area contributed by atoms with Crippen molar-refractivity contribution in [3.05, 3.63) is 48.6 Å². The van der Waals surface area contributed by atoms with Crippen molar-refractivity contribution < 1.29 is 9.59 Å². The number of anilines is 1. The van der Waals surface area contributed by atoms with Gasteiger partial charge in [0.15, 0.2) is 0 Å². The molecule has 0 aromatic heterocycles. The summed E-state index contributed by atoms with van der Waals surface area (Å²) in [5.74, 6) is 0.0308. The molecule has 3 aliphatic rings. The molecule has 0 N–H and O–H groups in total. The highest BCUT2D eigenvalue weighted by atomic mass is 16.2. The molecule has 2 bridgehead atoms. The van der Waals surface area contributed by atoms with Crippen molar-refractivity contribution in [1.29, 1.82) is 0 Å². The summed E-state index contributed by atoms with van der Waals surface area (Å²) in [6.45, 7) is 0. The summed E-state index contributed by atoms with van der Waals surface area (Å²) in [5, 5.41) is 1.69. The minimum Gasteiger partial charge on any atom is -0.305 e. The van der Waals surface area contributed by atoms with E-state index in [4.69, 9.17) is 7.85 Å². The van der Waals surface area contributed by atoms with Crippen LogP contribution in [0.2, 0.25) is 0 Å². The Hall–Kier alpha value is -2.56. The number of carbonyl (C=O) groups excluding carboxylic acids is 2. The third kappa shape index (κ3) is 1.52. The zero-order chi connectivity index (χ0) is 15.7. The van der Waals surface area contributed by atoms with Crippen LogP contribution in [0.5, 0.6) is 0 Å². The molecule has 2 fully saturated rings. The molecule has 2 heterocycles. The van der Waals surface area contributed by atoms with Gasteiger partial charge in [0, 0.05) is 11.3 Å². The fourth-order valence-corrected chi connectivity index (χ4v) is 4.19. The van der Waals surface area contributed by atoms with Crippen LogP contribution in [-0.2, 0) is 4.79 Å². The highest BCUT2D eigenvalue weighted by molar-refractivity contribution is 6.40. The fraction of sp³-hybridized carbons (Fsp3) is 0.222. The summed E-state index contributed by atoms with van der Waals surface area (Å²) in [7, 11) is 6.03. The second-order valence-corrected chi connectivity index (χ2v) is 6.38. The smallest absolute Gasteiger partial charge is 0.305 e. The molecule has 2 unspecified atom stereocenters. The average molecular weight is 300 g/mol. The van der Waals surface area contributed by atoms with E-state index in [1.807, 2.05) is 30.3 Å². The summed E-state index contributed by atoms with van der Waals surface area (Å²) >= 11 is 0. The number of rotatable bonds is 1. The quantitative estimate of drug-likeness (QED) is 0.457. The van der Waals surface area contributed by atoms with Crippen molar-refractivity contribution in [2.45, 2.75) is 18.5 Å². The van der Waals surface area contributed by atoms with Crippen LogP contribution in [0, 0.1) is 5.92 Å². The van der Waals surface area contributed by atoms with Gasteiger partial charge in [0.25, 0.3) is 5.91 Å². The van der Waals surface area contributed by atoms with E-state index in [-0.39, 0.29) is 29.9 Å². The van der Waals surface area contributed by atoms with Crippen molar-refractivity contribution in [3.63, 3.8) is 0 Å². The van der Waals surface area contributed by atoms with E-state index in [1.165, 1.54) is 4.90 Å². The number of hydrogen-bond acceptors (Lipinski definition) is 2. The third-order valence-electron chi connectivity index (χ3n) is 5.22. The minimum atomic E-state index is -0.339. The third-order valence-corrected chi connectivity index (χ3v) is 5.22. The lowest BCUT2D eigenvalue weighted by molar-refractivity contribution is -0.119. The van der Waals surface area contributed by atoms with E-state index >= 15 is 0 Å². The number of amides is 3. The zero-order valence-electron chi connectivity index (χ0n) is 12.3. The molecule has 1 aliphatic carbocycles. The molecule has 2 aromatic rings. The van der Waals surface area contributed by atoms with Crippen LogP contribution >= 0.6 is 0 Å². The van der Waals surface area contributed by atoms with Gasteiger partial charge in [-0.2, -0.15) is 0 Å². The van der Waals surface area contributed by atoms with Crippen molar-refractivity contribution in [3.8, 4) is 0 Å². The Labute approximate surface area is 134 Å². The van der Waals surface area contributed by atoms with E-state index in [0.717, 1.165) is 17.2 Å². The lowest BCUT2D eigenvalue weighted by Gasteiger charge is -2.22. The Balaban J connectivity index is 1.68. The first-order chi connectivity index (χ1) is 11.2. The Morgan fingerprint density at radius 3 is 2.57 bits per heavy atom. The average Bonchev–Trinajstić information content (AvgIpc) is 3.24. The first-order valence-electron chi connectivity index (χ1n) is 7.78. The Morgan fingerprint density at radius 1 is 1.00 bits per heavy atom. The van der Waals surface area contributed by atoms with Crippen LogP contribution in [0.4, 0.5) is 10.5 Å². The highest BCUT2D eigenvalue weighted by Crippen LogP contribution is 2.44. The van der Waals surface area contributed by atoms with Crippen molar-refractivity contribution in [2.24, 2.45) is 5.92 Å². The van der Waals surface area contributed by atoms with Gasteiger partial charge in [0.2, 0.25) is 0 Å². The van der Waals surface area contributed by atoms with Gasteiger partial charge in [-0.15, -0.1) is 0 Å². The second-order valence-electron chi connectivity index (χ2n) is 6.38. The van der Waals surface area contributed by atoms with E-state index < -0.39 is 0 Å². The topological polar surface area (TPSA) is 40.6 Å². The molecular weight excluding hydrogens is 287 g/mol. The molecule has 4 nitrogen and oxygen atoms in total. The molecule has 2 aromatic carbocycles. The van der Waals surface area contributed by atoms with Crippen LogP contribution in [0.3, 0.4) is 0 Å². The lowest BCUT2D eigenvalue weighted by Crippen LogP contribution is -2.38. The zero-order valence-corrected chi connectivity index (χ0v) is 12.3. The molecule has 0 spiro atoms. The maximum Gasteiger partial charge on any atom is 0.332 e. The maximum absolute atomic E-state index is 12.9. The van der Waals surface area contributed by atoms with Crippen molar-refractivity contribution in [2.75, 3.05) is 4.90 Å². The summed E-state index contributed by atoms with van der Waals surface area (Å²) in [6.07, 6.45) is 4.98. The van der Waals surface area contributed by atoms with Gasteiger partial charge < -0.3 is 4.90 Å². The van der Waals surface area contributed by atoms with Crippen LogP contribution in [0.15, 0.2) is 48.6 Å². The van der Waals surface area contributed by atoms with E-state index in [2.05, 4.69) is 6.08 Å². The first-order valence-corrected chi connectivity index (χ1v) is 7.78. The second kappa shape index (κ2) is 4.25. The lowest BCUT2D eigenvalue weighted by atomic mass is 9.89. The van der Waals surface area contributed by atoms with Gasteiger partial charge in [-0.05, 0) is 17.9 Å². The summed E-state index contributed by atoms with van der Waals surface area (Å²) in [5.41, 5.74) is 1.27. The van der Waals surface area contributed by atoms with Gasteiger partial charge in [0.05, 0.1) is 11.7 Å². The predicted octanol–water partition coefficient (Wildman–Crippen LogP) is 1.73. The summed E-state index contributed by atoms with van der Waals surface area (Å²) < 4.78 is 0.